The van der Waals surface area contributed by atoms with Crippen molar-refractivity contribution in [2.24, 2.45) is 5.73 Å². The minimum atomic E-state index is -0.303. The Morgan fingerprint density at radius 1 is 1.69 bits per heavy atom. The van der Waals surface area contributed by atoms with Gasteiger partial charge in [-0.15, -0.1) is 0 Å². The molecule has 0 bridgehead atoms. The second kappa shape index (κ2) is 4.89. The number of ether oxygens (including phenoxy) is 1. The number of rotatable bonds is 4. The number of aromatic nitrogens is 2. The Balaban J connectivity index is 1.83. The quantitative estimate of drug-likeness (QED) is 0.736. The van der Waals surface area contributed by atoms with Crippen LogP contribution in [0.4, 0.5) is 0 Å². The fourth-order valence-electron chi connectivity index (χ4n) is 1.78. The highest BCUT2D eigenvalue weighted by molar-refractivity contribution is 5.75. The summed E-state index contributed by atoms with van der Waals surface area (Å²) in [4.78, 5) is 20.5. The molecule has 1 fully saturated rings. The number of nitrogens with two attached hydrogens (primary N) is 1. The van der Waals surface area contributed by atoms with E-state index in [1.807, 2.05) is 4.90 Å². The molecule has 1 unspecified atom stereocenters. The number of nitrogens with zero attached hydrogens (tertiary/aromatic N) is 3. The van der Waals surface area contributed by atoms with Crippen LogP contribution in [0.25, 0.3) is 0 Å². The third kappa shape index (κ3) is 2.90. The zero-order chi connectivity index (χ0) is 11.4. The second-order valence-electron chi connectivity index (χ2n) is 3.78. The molecular formula is C10H14N4O2. The maximum Gasteiger partial charge on any atom is 0.231 e. The molecule has 1 saturated heterocycles. The molecule has 0 aromatic carbocycles. The van der Waals surface area contributed by atoms with Crippen LogP contribution in [-0.4, -0.2) is 46.5 Å². The van der Waals surface area contributed by atoms with Gasteiger partial charge in [-0.2, -0.15) is 0 Å². The van der Waals surface area contributed by atoms with Gasteiger partial charge in [-0.25, -0.2) is 9.97 Å². The van der Waals surface area contributed by atoms with Gasteiger partial charge in [0.2, 0.25) is 11.8 Å². The number of hydrogen-bond acceptors (Lipinski definition) is 5. The molecular weight excluding hydrogens is 208 g/mol. The molecule has 0 saturated carbocycles. The molecule has 0 aliphatic carbocycles. The first kappa shape index (κ1) is 10.8. The van der Waals surface area contributed by atoms with Crippen LogP contribution >= 0.6 is 0 Å². The molecule has 1 aromatic rings. The summed E-state index contributed by atoms with van der Waals surface area (Å²) < 4.78 is 5.64. The van der Waals surface area contributed by atoms with Gasteiger partial charge in [0.25, 0.3) is 0 Å². The maximum absolute atomic E-state index is 10.7. The Hall–Kier alpha value is -1.69. The van der Waals surface area contributed by atoms with Crippen molar-refractivity contribution in [3.8, 4) is 5.88 Å². The van der Waals surface area contributed by atoms with Crippen LogP contribution in [0.15, 0.2) is 18.6 Å². The molecule has 2 rings (SSSR count). The standard InChI is InChI=1S/C10H14N4O2/c11-9(15)6-14-4-2-8(5-14)16-10-1-3-12-7-13-10/h1,3,7-8H,2,4-6H2,(H2,11,15). The number of primary amides is 1. The summed E-state index contributed by atoms with van der Waals surface area (Å²) in [5.41, 5.74) is 5.13. The molecule has 86 valence electrons. The first-order valence-electron chi connectivity index (χ1n) is 5.17. The van der Waals surface area contributed by atoms with Gasteiger partial charge in [0.05, 0.1) is 6.54 Å². The molecule has 2 N–H and O–H groups in total. The lowest BCUT2D eigenvalue weighted by Crippen LogP contribution is -2.33. The Bertz CT molecular complexity index is 357. The molecule has 2 heterocycles. The number of likely N-dealkylation sites (tertiary alicyclic amines) is 1. The Labute approximate surface area is 93.4 Å². The summed E-state index contributed by atoms with van der Waals surface area (Å²) in [7, 11) is 0. The highest BCUT2D eigenvalue weighted by Gasteiger charge is 2.24. The molecule has 0 spiro atoms. The van der Waals surface area contributed by atoms with Gasteiger partial charge in [0.15, 0.2) is 0 Å². The number of amides is 1. The summed E-state index contributed by atoms with van der Waals surface area (Å²) in [5, 5.41) is 0. The molecule has 16 heavy (non-hydrogen) atoms. The Kier molecular flexibility index (Phi) is 3.31. The SMILES string of the molecule is NC(=O)CN1CCC(Oc2ccncn2)C1. The van der Waals surface area contributed by atoms with Crippen LogP contribution in [0.2, 0.25) is 0 Å². The molecule has 1 aliphatic heterocycles. The minimum Gasteiger partial charge on any atom is -0.473 e. The van der Waals surface area contributed by atoms with Crippen LogP contribution in [0, 0.1) is 0 Å². The number of carbonyl (C=O) groups is 1. The van der Waals surface area contributed by atoms with Crippen LogP contribution in [0.1, 0.15) is 6.42 Å². The van der Waals surface area contributed by atoms with E-state index >= 15 is 0 Å². The zero-order valence-corrected chi connectivity index (χ0v) is 8.87. The first-order chi connectivity index (χ1) is 7.74. The predicted octanol–water partition coefficient (Wildman–Crippen LogP) is -0.585. The zero-order valence-electron chi connectivity index (χ0n) is 8.87. The van der Waals surface area contributed by atoms with Gasteiger partial charge in [-0.1, -0.05) is 0 Å². The van der Waals surface area contributed by atoms with E-state index in [0.717, 1.165) is 13.0 Å². The van der Waals surface area contributed by atoms with E-state index in [-0.39, 0.29) is 12.0 Å². The van der Waals surface area contributed by atoms with E-state index in [9.17, 15) is 4.79 Å². The molecule has 6 heteroatoms. The van der Waals surface area contributed by atoms with Crippen molar-refractivity contribution in [3.63, 3.8) is 0 Å². The molecule has 6 nitrogen and oxygen atoms in total. The largest absolute Gasteiger partial charge is 0.473 e. The van der Waals surface area contributed by atoms with Gasteiger partial charge in [0, 0.05) is 25.4 Å². The minimum absolute atomic E-state index is 0.0780. The highest BCUT2D eigenvalue weighted by Crippen LogP contribution is 2.15. The van der Waals surface area contributed by atoms with E-state index in [2.05, 4.69) is 9.97 Å². The summed E-state index contributed by atoms with van der Waals surface area (Å²) in [6, 6.07) is 1.72. The summed E-state index contributed by atoms with van der Waals surface area (Å²) >= 11 is 0. The summed E-state index contributed by atoms with van der Waals surface area (Å²) in [6.45, 7) is 1.84. The first-order valence-corrected chi connectivity index (χ1v) is 5.17. The van der Waals surface area contributed by atoms with Gasteiger partial charge in [-0.05, 0) is 6.42 Å². The van der Waals surface area contributed by atoms with E-state index < -0.39 is 0 Å². The van der Waals surface area contributed by atoms with E-state index in [1.165, 1.54) is 6.33 Å². The van der Waals surface area contributed by atoms with Gasteiger partial charge in [0.1, 0.15) is 12.4 Å². The van der Waals surface area contributed by atoms with Crippen molar-refractivity contribution in [1.29, 1.82) is 0 Å². The number of hydrogen-bond donors (Lipinski definition) is 1. The summed E-state index contributed by atoms with van der Waals surface area (Å²) in [6.07, 6.45) is 4.05. The third-order valence-corrected chi connectivity index (χ3v) is 2.45. The highest BCUT2D eigenvalue weighted by atomic mass is 16.5. The van der Waals surface area contributed by atoms with Crippen LogP contribution in [-0.2, 0) is 4.79 Å². The van der Waals surface area contributed by atoms with Gasteiger partial charge in [-0.3, -0.25) is 9.69 Å². The monoisotopic (exact) mass is 222 g/mol. The Morgan fingerprint density at radius 3 is 3.25 bits per heavy atom. The molecule has 1 amide bonds. The van der Waals surface area contributed by atoms with Crippen molar-refractivity contribution >= 4 is 5.91 Å². The van der Waals surface area contributed by atoms with Crippen molar-refractivity contribution in [2.75, 3.05) is 19.6 Å². The topological polar surface area (TPSA) is 81.3 Å². The molecule has 1 atom stereocenters. The lowest BCUT2D eigenvalue weighted by atomic mass is 10.3. The molecule has 0 radical (unpaired) electrons. The van der Waals surface area contributed by atoms with Crippen molar-refractivity contribution in [2.45, 2.75) is 12.5 Å². The van der Waals surface area contributed by atoms with Gasteiger partial charge >= 0.3 is 0 Å². The van der Waals surface area contributed by atoms with Crippen LogP contribution in [0.3, 0.4) is 0 Å². The van der Waals surface area contributed by atoms with Crippen LogP contribution in [0.5, 0.6) is 5.88 Å². The van der Waals surface area contributed by atoms with E-state index in [1.54, 1.807) is 12.3 Å². The van der Waals surface area contributed by atoms with Gasteiger partial charge < -0.3 is 10.5 Å². The number of carbonyl (C=O) groups excluding carboxylic acids is 1. The smallest absolute Gasteiger partial charge is 0.231 e. The van der Waals surface area contributed by atoms with Crippen molar-refractivity contribution in [1.82, 2.24) is 14.9 Å². The maximum atomic E-state index is 10.7. The third-order valence-electron chi connectivity index (χ3n) is 2.45. The predicted molar refractivity (Wildman–Crippen MR) is 56.7 cm³/mol. The molecule has 1 aromatic heterocycles. The second-order valence-corrected chi connectivity index (χ2v) is 3.78. The lowest BCUT2D eigenvalue weighted by molar-refractivity contribution is -0.118. The lowest BCUT2D eigenvalue weighted by Gasteiger charge is -2.14. The average Bonchev–Trinajstić information content (AvgIpc) is 2.66. The van der Waals surface area contributed by atoms with Crippen molar-refractivity contribution < 1.29 is 9.53 Å². The van der Waals surface area contributed by atoms with E-state index in [4.69, 9.17) is 10.5 Å². The van der Waals surface area contributed by atoms with Crippen LogP contribution < -0.4 is 10.5 Å². The fourth-order valence-corrected chi connectivity index (χ4v) is 1.78. The van der Waals surface area contributed by atoms with Crippen molar-refractivity contribution in [3.05, 3.63) is 18.6 Å². The Morgan fingerprint density at radius 2 is 2.56 bits per heavy atom. The fraction of sp³-hybridized carbons (Fsp3) is 0.500. The molecule has 1 aliphatic rings. The normalized spacial score (nSPS) is 20.9. The average molecular weight is 222 g/mol. The summed E-state index contributed by atoms with van der Waals surface area (Å²) in [5.74, 6) is 0.267. The van der Waals surface area contributed by atoms with E-state index in [0.29, 0.717) is 19.0 Å².